The molecule has 0 saturated carbocycles. The minimum atomic E-state index is -0.475. The van der Waals surface area contributed by atoms with Crippen LogP contribution in [-0.2, 0) is 54.9 Å². The Bertz CT molecular complexity index is 315. The fourth-order valence-corrected chi connectivity index (χ4v) is 0.551. The van der Waals surface area contributed by atoms with E-state index < -0.39 is 11.9 Å². The molecule has 0 amide bonds. The number of aliphatic hydroxyl groups is 2. The van der Waals surface area contributed by atoms with Gasteiger partial charge in [-0.3, -0.25) is 19.2 Å². The molecule has 0 spiro atoms. The molecule has 0 aliphatic heterocycles. The van der Waals surface area contributed by atoms with Crippen molar-refractivity contribution >= 4 is 23.5 Å². The van der Waals surface area contributed by atoms with E-state index >= 15 is 0 Å². The van der Waals surface area contributed by atoms with Gasteiger partial charge in [0, 0.05) is 38.4 Å². The minimum absolute atomic E-state index is 0. The molecule has 0 radical (unpaired) electrons. The SMILES string of the molecule is CC(C)O.CC(C)O.COC(=O)CC(C)=O.COC(=O)CC(C)=O.[Zr]. The molecular weight excluding hydrogens is 411 g/mol. The van der Waals surface area contributed by atoms with Crippen LogP contribution < -0.4 is 0 Å². The van der Waals surface area contributed by atoms with Crippen molar-refractivity contribution in [3.63, 3.8) is 0 Å². The first-order valence-corrected chi connectivity index (χ1v) is 7.28. The molecule has 0 saturated heterocycles. The van der Waals surface area contributed by atoms with Crippen LogP contribution in [0.1, 0.15) is 54.4 Å². The van der Waals surface area contributed by atoms with E-state index in [9.17, 15) is 19.2 Å². The Morgan fingerprint density at radius 1 is 0.720 bits per heavy atom. The monoisotopic (exact) mass is 442 g/mol. The maximum atomic E-state index is 10.2. The number of Topliss-reactive ketones (excluding diaryl/α,β-unsaturated/α-hetero) is 2. The average molecular weight is 444 g/mol. The van der Waals surface area contributed by atoms with Gasteiger partial charge in [0.15, 0.2) is 0 Å². The van der Waals surface area contributed by atoms with Crippen molar-refractivity contribution in [3.05, 3.63) is 0 Å². The Hall–Kier alpha value is -0.917. The second-order valence-corrected chi connectivity index (χ2v) is 5.10. The zero-order valence-corrected chi connectivity index (χ0v) is 18.9. The summed E-state index contributed by atoms with van der Waals surface area (Å²) in [4.78, 5) is 40.6. The topological polar surface area (TPSA) is 127 Å². The van der Waals surface area contributed by atoms with Crippen molar-refractivity contribution in [1.82, 2.24) is 0 Å². The molecule has 148 valence electrons. The van der Waals surface area contributed by atoms with Gasteiger partial charge in [-0.15, -0.1) is 0 Å². The summed E-state index contributed by atoms with van der Waals surface area (Å²) >= 11 is 0. The van der Waals surface area contributed by atoms with Crippen molar-refractivity contribution in [2.75, 3.05) is 14.2 Å². The Labute approximate surface area is 169 Å². The summed E-state index contributed by atoms with van der Waals surface area (Å²) in [5.74, 6) is -1.29. The summed E-state index contributed by atoms with van der Waals surface area (Å²) in [7, 11) is 2.51. The molecule has 0 rings (SSSR count). The van der Waals surface area contributed by atoms with Crippen LogP contribution in [0.15, 0.2) is 0 Å². The molecule has 0 aliphatic carbocycles. The number of carbonyl (C=O) groups excluding carboxylic acids is 4. The largest absolute Gasteiger partial charge is 0.469 e. The van der Waals surface area contributed by atoms with Gasteiger partial charge in [0.25, 0.3) is 0 Å². The van der Waals surface area contributed by atoms with E-state index in [0.717, 1.165) is 0 Å². The number of ether oxygens (including phenoxy) is 2. The van der Waals surface area contributed by atoms with E-state index in [0.29, 0.717) is 0 Å². The van der Waals surface area contributed by atoms with Crippen LogP contribution in [-0.4, -0.2) is 60.1 Å². The van der Waals surface area contributed by atoms with Crippen molar-refractivity contribution in [2.24, 2.45) is 0 Å². The van der Waals surface area contributed by atoms with E-state index in [1.807, 2.05) is 0 Å². The number of esters is 2. The number of aliphatic hydroxyl groups excluding tert-OH is 2. The van der Waals surface area contributed by atoms with Gasteiger partial charge in [-0.2, -0.15) is 0 Å². The molecule has 0 unspecified atom stereocenters. The van der Waals surface area contributed by atoms with Crippen molar-refractivity contribution in [3.8, 4) is 0 Å². The fraction of sp³-hybridized carbons (Fsp3) is 0.750. The van der Waals surface area contributed by atoms with Gasteiger partial charge in [-0.1, -0.05) is 0 Å². The maximum absolute atomic E-state index is 10.2. The van der Waals surface area contributed by atoms with Gasteiger partial charge >= 0.3 is 11.9 Å². The molecule has 8 nitrogen and oxygen atoms in total. The van der Waals surface area contributed by atoms with Gasteiger partial charge < -0.3 is 19.7 Å². The van der Waals surface area contributed by atoms with Crippen molar-refractivity contribution in [1.29, 1.82) is 0 Å². The summed E-state index contributed by atoms with van der Waals surface area (Å²) in [5, 5.41) is 16.1. The van der Waals surface area contributed by atoms with Gasteiger partial charge in [0.05, 0.1) is 14.2 Å². The maximum Gasteiger partial charge on any atom is 0.313 e. The van der Waals surface area contributed by atoms with E-state index in [-0.39, 0.29) is 62.8 Å². The number of rotatable bonds is 4. The Kier molecular flexibility index (Phi) is 35.7. The van der Waals surface area contributed by atoms with Crippen molar-refractivity contribution < 1.29 is 65.1 Å². The molecule has 0 aromatic carbocycles. The molecule has 0 fully saturated rings. The fourth-order valence-electron chi connectivity index (χ4n) is 0.551. The number of hydrogen-bond acceptors (Lipinski definition) is 8. The number of hydrogen-bond donors (Lipinski definition) is 2. The van der Waals surface area contributed by atoms with Gasteiger partial charge in [-0.05, 0) is 41.5 Å². The molecule has 0 aromatic heterocycles. The summed E-state index contributed by atoms with van der Waals surface area (Å²) < 4.78 is 8.40. The normalized spacial score (nSPS) is 8.16. The van der Waals surface area contributed by atoms with Crippen LogP contribution in [0.25, 0.3) is 0 Å². The molecule has 0 atom stereocenters. The summed E-state index contributed by atoms with van der Waals surface area (Å²) in [5.41, 5.74) is 0. The Balaban J connectivity index is -0.0000000739. The predicted molar refractivity (Wildman–Crippen MR) is 89.3 cm³/mol. The quantitative estimate of drug-likeness (QED) is 0.487. The van der Waals surface area contributed by atoms with Crippen LogP contribution in [0.4, 0.5) is 0 Å². The Morgan fingerprint density at radius 2 is 0.880 bits per heavy atom. The Morgan fingerprint density at radius 3 is 0.920 bits per heavy atom. The second-order valence-electron chi connectivity index (χ2n) is 5.10. The van der Waals surface area contributed by atoms with E-state index in [2.05, 4.69) is 9.47 Å². The molecule has 0 bridgehead atoms. The average Bonchev–Trinajstić information content (AvgIpc) is 2.36. The third-order valence-electron chi connectivity index (χ3n) is 1.24. The molecule has 0 heterocycles. The van der Waals surface area contributed by atoms with Crippen LogP contribution in [0.5, 0.6) is 0 Å². The van der Waals surface area contributed by atoms with Gasteiger partial charge in [0.2, 0.25) is 0 Å². The van der Waals surface area contributed by atoms with E-state index in [1.54, 1.807) is 27.7 Å². The second kappa shape index (κ2) is 25.3. The van der Waals surface area contributed by atoms with Crippen LogP contribution >= 0.6 is 0 Å². The van der Waals surface area contributed by atoms with Crippen molar-refractivity contribution in [2.45, 2.75) is 66.6 Å². The van der Waals surface area contributed by atoms with Crippen LogP contribution in [0.3, 0.4) is 0 Å². The van der Waals surface area contributed by atoms with Crippen LogP contribution in [0.2, 0.25) is 0 Å². The van der Waals surface area contributed by atoms with Gasteiger partial charge in [0.1, 0.15) is 24.4 Å². The molecule has 0 aromatic rings. The number of methoxy groups -OCH3 is 2. The summed E-state index contributed by atoms with van der Waals surface area (Å²) in [6.45, 7) is 9.58. The molecule has 0 aliphatic rings. The third-order valence-corrected chi connectivity index (χ3v) is 1.24. The zero-order chi connectivity index (χ0) is 20.3. The molecule has 25 heavy (non-hydrogen) atoms. The molecule has 9 heteroatoms. The van der Waals surface area contributed by atoms with Crippen LogP contribution in [0, 0.1) is 0 Å². The van der Waals surface area contributed by atoms with E-state index in [4.69, 9.17) is 10.2 Å². The first kappa shape index (κ1) is 35.2. The standard InChI is InChI=1S/2C5H8O3.2C3H8O.Zr/c2*1-4(6)3-5(7)8-2;2*1-3(2)4;/h2*3H2,1-2H3;2*3-4H,1-2H3;. The van der Waals surface area contributed by atoms with E-state index in [1.165, 1.54) is 28.1 Å². The number of ketones is 2. The molecule has 2 N–H and O–H groups in total. The smallest absolute Gasteiger partial charge is 0.313 e. The zero-order valence-electron chi connectivity index (χ0n) is 16.4. The minimum Gasteiger partial charge on any atom is -0.469 e. The summed E-state index contributed by atoms with van der Waals surface area (Å²) in [6.07, 6.45) is -0.563. The molecular formula is C16H32O8Zr. The number of carbonyl (C=O) groups is 4. The predicted octanol–water partition coefficient (Wildman–Crippen LogP) is 1.05. The summed E-state index contributed by atoms with van der Waals surface area (Å²) in [6, 6.07) is 0. The first-order valence-electron chi connectivity index (χ1n) is 7.28. The first-order chi connectivity index (χ1) is 10.8. The third kappa shape index (κ3) is 83.5. The van der Waals surface area contributed by atoms with Gasteiger partial charge in [-0.25, -0.2) is 0 Å².